The van der Waals surface area contributed by atoms with Crippen LogP contribution in [0.2, 0.25) is 0 Å². The van der Waals surface area contributed by atoms with Gasteiger partial charge in [0.1, 0.15) is 23.7 Å². The highest BCUT2D eigenvalue weighted by molar-refractivity contribution is 5.88. The predicted octanol–water partition coefficient (Wildman–Crippen LogP) is 3.87. The topological polar surface area (TPSA) is 61.2 Å². The van der Waals surface area contributed by atoms with Gasteiger partial charge in [-0.1, -0.05) is 5.57 Å². The summed E-state index contributed by atoms with van der Waals surface area (Å²) in [7, 11) is 1.60. The number of hydrogen-bond acceptors (Lipinski definition) is 5. The maximum Gasteiger partial charge on any atom is 0.336 e. The molecule has 1 aliphatic rings. The average Bonchev–Trinajstić information content (AvgIpc) is 3.15. The molecule has 0 aliphatic carbocycles. The largest absolute Gasteiger partial charge is 0.496 e. The fraction of sp³-hybridized carbons (Fsp3) is 0.450. The minimum Gasteiger partial charge on any atom is -0.496 e. The average molecular weight is 344 g/mol. The summed E-state index contributed by atoms with van der Waals surface area (Å²) in [5.74, 6) is 1.27. The van der Waals surface area contributed by atoms with Crippen molar-refractivity contribution < 1.29 is 18.6 Å². The molecule has 2 heterocycles. The molecule has 1 aromatic heterocycles. The Morgan fingerprint density at radius 2 is 2.00 bits per heavy atom. The van der Waals surface area contributed by atoms with E-state index in [1.54, 1.807) is 13.2 Å². The standard InChI is InChI=1S/C20H24O5/c1-12(2)8-9-23-16-11-15(22-5)14(10-17-20(3,4)25-17)19-13(16)6-7-18(21)24-19/h6-8,11,17H,9-10H2,1-5H3/t17-/m1/s1. The lowest BCUT2D eigenvalue weighted by Crippen LogP contribution is -2.09. The molecule has 1 fully saturated rings. The smallest absolute Gasteiger partial charge is 0.336 e. The molecule has 1 aliphatic heterocycles. The maximum absolute atomic E-state index is 11.8. The second kappa shape index (κ2) is 6.56. The van der Waals surface area contributed by atoms with E-state index in [2.05, 4.69) is 0 Å². The molecule has 0 bridgehead atoms. The fourth-order valence-corrected chi connectivity index (χ4v) is 2.83. The van der Waals surface area contributed by atoms with Crippen molar-refractivity contribution >= 4 is 11.0 Å². The minimum absolute atomic E-state index is 0.0764. The van der Waals surface area contributed by atoms with Crippen LogP contribution in [0.4, 0.5) is 0 Å². The van der Waals surface area contributed by atoms with E-state index >= 15 is 0 Å². The van der Waals surface area contributed by atoms with Gasteiger partial charge < -0.3 is 18.6 Å². The number of rotatable bonds is 6. The Kier molecular flexibility index (Phi) is 4.60. The van der Waals surface area contributed by atoms with Crippen molar-refractivity contribution in [1.29, 1.82) is 0 Å². The summed E-state index contributed by atoms with van der Waals surface area (Å²) in [6.07, 6.45) is 2.69. The first-order chi connectivity index (χ1) is 11.8. The van der Waals surface area contributed by atoms with Crippen LogP contribution in [-0.2, 0) is 11.2 Å². The molecular formula is C20H24O5. The summed E-state index contributed by atoms with van der Waals surface area (Å²) in [6, 6.07) is 5.00. The first kappa shape index (κ1) is 17.5. The Morgan fingerprint density at radius 3 is 2.60 bits per heavy atom. The highest BCUT2D eigenvalue weighted by atomic mass is 16.6. The van der Waals surface area contributed by atoms with E-state index < -0.39 is 5.63 Å². The minimum atomic E-state index is -0.395. The molecule has 134 valence electrons. The van der Waals surface area contributed by atoms with Crippen LogP contribution in [0.3, 0.4) is 0 Å². The van der Waals surface area contributed by atoms with Gasteiger partial charge in [-0.25, -0.2) is 4.79 Å². The third kappa shape index (κ3) is 3.71. The molecule has 0 saturated carbocycles. The van der Waals surface area contributed by atoms with Crippen LogP contribution < -0.4 is 15.1 Å². The van der Waals surface area contributed by atoms with Crippen molar-refractivity contribution in [3.8, 4) is 11.5 Å². The second-order valence-electron chi connectivity index (χ2n) is 7.06. The van der Waals surface area contributed by atoms with E-state index in [1.165, 1.54) is 11.6 Å². The van der Waals surface area contributed by atoms with E-state index in [9.17, 15) is 4.79 Å². The van der Waals surface area contributed by atoms with Gasteiger partial charge in [0.15, 0.2) is 0 Å². The molecule has 1 aromatic carbocycles. The molecule has 3 rings (SSSR count). The summed E-state index contributed by atoms with van der Waals surface area (Å²) in [6.45, 7) is 8.56. The molecule has 25 heavy (non-hydrogen) atoms. The zero-order valence-electron chi connectivity index (χ0n) is 15.3. The highest BCUT2D eigenvalue weighted by Crippen LogP contribution is 2.42. The highest BCUT2D eigenvalue weighted by Gasteiger charge is 2.48. The van der Waals surface area contributed by atoms with Crippen molar-refractivity contribution in [2.75, 3.05) is 13.7 Å². The third-order valence-electron chi connectivity index (χ3n) is 4.44. The summed E-state index contributed by atoms with van der Waals surface area (Å²) in [5, 5.41) is 0.760. The molecule has 0 unspecified atom stereocenters. The van der Waals surface area contributed by atoms with Gasteiger partial charge >= 0.3 is 5.63 Å². The predicted molar refractivity (Wildman–Crippen MR) is 96.6 cm³/mol. The molecule has 5 heteroatoms. The van der Waals surface area contributed by atoms with Gasteiger partial charge in [-0.05, 0) is 39.8 Å². The zero-order valence-corrected chi connectivity index (χ0v) is 15.3. The monoisotopic (exact) mass is 344 g/mol. The SMILES string of the molecule is COc1cc(OCC=C(C)C)c2ccc(=O)oc2c1C[C@H]1OC1(C)C. The molecule has 1 saturated heterocycles. The van der Waals surface area contributed by atoms with Crippen LogP contribution in [0, 0.1) is 0 Å². The van der Waals surface area contributed by atoms with E-state index in [4.69, 9.17) is 18.6 Å². The van der Waals surface area contributed by atoms with Gasteiger partial charge in [0.25, 0.3) is 0 Å². The number of allylic oxidation sites excluding steroid dienone is 1. The number of methoxy groups -OCH3 is 1. The van der Waals surface area contributed by atoms with Gasteiger partial charge in [-0.15, -0.1) is 0 Å². The van der Waals surface area contributed by atoms with E-state index in [1.807, 2.05) is 39.8 Å². The molecule has 1 atom stereocenters. The Labute approximate surface area is 147 Å². The van der Waals surface area contributed by atoms with Crippen molar-refractivity contribution in [1.82, 2.24) is 0 Å². The zero-order chi connectivity index (χ0) is 18.2. The molecule has 2 aromatic rings. The number of hydrogen-bond donors (Lipinski definition) is 0. The molecule has 0 N–H and O–H groups in total. The van der Waals surface area contributed by atoms with Gasteiger partial charge in [0.05, 0.1) is 24.2 Å². The van der Waals surface area contributed by atoms with E-state index in [0.29, 0.717) is 30.1 Å². The number of benzene rings is 1. The second-order valence-corrected chi connectivity index (χ2v) is 7.06. The first-order valence-corrected chi connectivity index (χ1v) is 8.39. The van der Waals surface area contributed by atoms with Crippen molar-refractivity contribution in [3.63, 3.8) is 0 Å². The van der Waals surface area contributed by atoms with Crippen molar-refractivity contribution in [2.24, 2.45) is 0 Å². The van der Waals surface area contributed by atoms with Crippen LogP contribution in [-0.4, -0.2) is 25.4 Å². The molecule has 0 radical (unpaired) electrons. The van der Waals surface area contributed by atoms with E-state index in [0.717, 1.165) is 10.9 Å². The lowest BCUT2D eigenvalue weighted by Gasteiger charge is -2.14. The van der Waals surface area contributed by atoms with Crippen LogP contribution in [0.25, 0.3) is 11.0 Å². The molecule has 0 amide bonds. The number of fused-ring (bicyclic) bond motifs is 1. The molecule has 5 nitrogen and oxygen atoms in total. The Bertz CT molecular complexity index is 872. The molecule has 0 spiro atoms. The van der Waals surface area contributed by atoms with Gasteiger partial charge in [0.2, 0.25) is 0 Å². The summed E-state index contributed by atoms with van der Waals surface area (Å²) in [4.78, 5) is 11.8. The molecular weight excluding hydrogens is 320 g/mol. The fourth-order valence-electron chi connectivity index (χ4n) is 2.83. The third-order valence-corrected chi connectivity index (χ3v) is 4.44. The Morgan fingerprint density at radius 1 is 1.28 bits per heavy atom. The first-order valence-electron chi connectivity index (χ1n) is 8.39. The quantitative estimate of drug-likeness (QED) is 0.452. The lowest BCUT2D eigenvalue weighted by atomic mass is 9.99. The lowest BCUT2D eigenvalue weighted by molar-refractivity contribution is 0.322. The van der Waals surface area contributed by atoms with Crippen LogP contribution in [0.5, 0.6) is 11.5 Å². The van der Waals surface area contributed by atoms with Gasteiger partial charge in [-0.2, -0.15) is 0 Å². The summed E-state index contributed by atoms with van der Waals surface area (Å²) in [5.41, 5.74) is 1.96. The van der Waals surface area contributed by atoms with Crippen LogP contribution in [0.15, 0.2) is 39.1 Å². The Balaban J connectivity index is 2.07. The Hall–Kier alpha value is -2.27. The number of epoxide rings is 1. The van der Waals surface area contributed by atoms with Crippen LogP contribution >= 0.6 is 0 Å². The van der Waals surface area contributed by atoms with Gasteiger partial charge in [-0.3, -0.25) is 0 Å². The number of ether oxygens (including phenoxy) is 3. The van der Waals surface area contributed by atoms with E-state index in [-0.39, 0.29) is 11.7 Å². The summed E-state index contributed by atoms with van der Waals surface area (Å²) >= 11 is 0. The maximum atomic E-state index is 11.8. The summed E-state index contributed by atoms with van der Waals surface area (Å²) < 4.78 is 22.6. The van der Waals surface area contributed by atoms with Crippen molar-refractivity contribution in [2.45, 2.75) is 45.8 Å². The normalized spacial score (nSPS) is 18.0. The van der Waals surface area contributed by atoms with Gasteiger partial charge in [0, 0.05) is 24.1 Å². The van der Waals surface area contributed by atoms with Crippen LogP contribution in [0.1, 0.15) is 33.3 Å². The van der Waals surface area contributed by atoms with Crippen molar-refractivity contribution in [3.05, 3.63) is 45.8 Å².